The minimum Gasteiger partial charge on any atom is -0.497 e. The van der Waals surface area contributed by atoms with Crippen molar-refractivity contribution in [2.45, 2.75) is 46.5 Å². The van der Waals surface area contributed by atoms with Gasteiger partial charge in [-0.1, -0.05) is 48.9 Å². The van der Waals surface area contributed by atoms with Gasteiger partial charge in [-0.25, -0.2) is 9.67 Å². The SMILES string of the molecule is CCOC(=O)CCC(=O)c1nn(-c2nc(-c3cccc(OC)c3)c(C(C)C)s2)c2ccc(C)cc12. The fraction of sp³-hybridized carbons (Fsp3) is 0.333. The molecule has 0 aliphatic carbocycles. The van der Waals surface area contributed by atoms with Crippen molar-refractivity contribution in [1.82, 2.24) is 14.8 Å². The highest BCUT2D eigenvalue weighted by molar-refractivity contribution is 7.14. The van der Waals surface area contributed by atoms with Crippen molar-refractivity contribution >= 4 is 34.0 Å². The maximum absolute atomic E-state index is 13.1. The largest absolute Gasteiger partial charge is 0.497 e. The van der Waals surface area contributed by atoms with Crippen molar-refractivity contribution in [2.75, 3.05) is 13.7 Å². The van der Waals surface area contributed by atoms with Crippen molar-refractivity contribution in [1.29, 1.82) is 0 Å². The van der Waals surface area contributed by atoms with E-state index in [0.717, 1.165) is 38.4 Å². The molecule has 4 aromatic rings. The number of carbonyl (C=O) groups is 2. The van der Waals surface area contributed by atoms with Crippen LogP contribution in [0.5, 0.6) is 5.75 Å². The molecule has 2 aromatic carbocycles. The van der Waals surface area contributed by atoms with Crippen LogP contribution in [0.4, 0.5) is 0 Å². The Morgan fingerprint density at radius 2 is 1.91 bits per heavy atom. The number of nitrogens with zero attached hydrogens (tertiary/aromatic N) is 3. The Morgan fingerprint density at radius 3 is 2.63 bits per heavy atom. The van der Waals surface area contributed by atoms with E-state index < -0.39 is 0 Å². The lowest BCUT2D eigenvalue weighted by molar-refractivity contribution is -0.143. The summed E-state index contributed by atoms with van der Waals surface area (Å²) in [6.07, 6.45) is 0.0740. The van der Waals surface area contributed by atoms with Gasteiger partial charge < -0.3 is 9.47 Å². The van der Waals surface area contributed by atoms with Crippen LogP contribution >= 0.6 is 11.3 Å². The third-order valence-corrected chi connectivity index (χ3v) is 6.98. The van der Waals surface area contributed by atoms with Gasteiger partial charge in [-0.3, -0.25) is 9.59 Å². The minimum atomic E-state index is -0.384. The zero-order valence-electron chi connectivity index (χ0n) is 20.6. The number of aryl methyl sites for hydroxylation is 1. The van der Waals surface area contributed by atoms with Gasteiger partial charge in [0.2, 0.25) is 5.13 Å². The van der Waals surface area contributed by atoms with Gasteiger partial charge in [-0.15, -0.1) is 0 Å². The molecule has 0 aliphatic heterocycles. The number of esters is 1. The molecule has 7 nitrogen and oxygen atoms in total. The fourth-order valence-corrected chi connectivity index (χ4v) is 4.99. The van der Waals surface area contributed by atoms with E-state index in [-0.39, 0.29) is 30.5 Å². The first-order valence-electron chi connectivity index (χ1n) is 11.7. The number of ketones is 1. The first-order chi connectivity index (χ1) is 16.8. The van der Waals surface area contributed by atoms with E-state index in [1.54, 1.807) is 30.1 Å². The number of hydrogen-bond donors (Lipinski definition) is 0. The molecule has 4 rings (SSSR count). The van der Waals surface area contributed by atoms with Crippen LogP contribution in [0.25, 0.3) is 27.3 Å². The molecule has 8 heteroatoms. The summed E-state index contributed by atoms with van der Waals surface area (Å²) in [7, 11) is 1.65. The van der Waals surface area contributed by atoms with Crippen LogP contribution in [-0.4, -0.2) is 40.2 Å². The van der Waals surface area contributed by atoms with Crippen molar-refractivity contribution in [3.63, 3.8) is 0 Å². The molecule has 0 radical (unpaired) electrons. The molecule has 0 saturated heterocycles. The molecule has 0 aliphatic rings. The third-order valence-electron chi connectivity index (χ3n) is 5.65. The summed E-state index contributed by atoms with van der Waals surface area (Å²) in [4.78, 5) is 31.0. The van der Waals surface area contributed by atoms with Crippen molar-refractivity contribution < 1.29 is 19.1 Å². The predicted molar refractivity (Wildman–Crippen MR) is 138 cm³/mol. The summed E-state index contributed by atoms with van der Waals surface area (Å²) < 4.78 is 12.1. The normalized spacial score (nSPS) is 11.3. The average Bonchev–Trinajstić information content (AvgIpc) is 3.45. The van der Waals surface area contributed by atoms with Gasteiger partial charge in [-0.2, -0.15) is 5.10 Å². The molecular formula is C27H29N3O4S. The Morgan fingerprint density at radius 1 is 1.11 bits per heavy atom. The van der Waals surface area contributed by atoms with Gasteiger partial charge >= 0.3 is 5.97 Å². The van der Waals surface area contributed by atoms with E-state index in [2.05, 4.69) is 13.8 Å². The molecule has 0 bridgehead atoms. The Bertz CT molecular complexity index is 1390. The zero-order valence-corrected chi connectivity index (χ0v) is 21.4. The smallest absolute Gasteiger partial charge is 0.306 e. The molecular weight excluding hydrogens is 462 g/mol. The van der Waals surface area contributed by atoms with Gasteiger partial charge in [0.1, 0.15) is 11.4 Å². The van der Waals surface area contributed by atoms with Gasteiger partial charge in [0.05, 0.1) is 31.3 Å². The van der Waals surface area contributed by atoms with E-state index in [0.29, 0.717) is 17.4 Å². The minimum absolute atomic E-state index is 0.0293. The maximum Gasteiger partial charge on any atom is 0.306 e. The number of benzene rings is 2. The molecule has 0 spiro atoms. The predicted octanol–water partition coefficient (Wildman–Crippen LogP) is 6.12. The van der Waals surface area contributed by atoms with Crippen LogP contribution in [0.2, 0.25) is 0 Å². The Balaban J connectivity index is 1.80. The van der Waals surface area contributed by atoms with Crippen LogP contribution in [0, 0.1) is 6.92 Å². The lowest BCUT2D eigenvalue weighted by Crippen LogP contribution is -2.09. The van der Waals surface area contributed by atoms with Gasteiger partial charge in [0, 0.05) is 22.2 Å². The highest BCUT2D eigenvalue weighted by Crippen LogP contribution is 2.37. The summed E-state index contributed by atoms with van der Waals surface area (Å²) in [5.41, 5.74) is 4.02. The summed E-state index contributed by atoms with van der Waals surface area (Å²) in [6, 6.07) is 13.7. The molecule has 0 amide bonds. The Hall–Kier alpha value is -3.52. The summed E-state index contributed by atoms with van der Waals surface area (Å²) in [6.45, 7) is 8.29. The molecule has 0 saturated carbocycles. The molecule has 0 unspecified atom stereocenters. The van der Waals surface area contributed by atoms with Gasteiger partial charge in [-0.05, 0) is 44.0 Å². The van der Waals surface area contributed by atoms with Crippen molar-refractivity contribution in [3.05, 3.63) is 58.6 Å². The quantitative estimate of drug-likeness (QED) is 0.207. The van der Waals surface area contributed by atoms with E-state index in [1.807, 2.05) is 49.4 Å². The Kier molecular flexibility index (Phi) is 7.31. The van der Waals surface area contributed by atoms with Crippen LogP contribution in [0.15, 0.2) is 42.5 Å². The lowest BCUT2D eigenvalue weighted by Gasteiger charge is -2.06. The number of carbonyl (C=O) groups excluding carboxylic acids is 2. The number of hydrogen-bond acceptors (Lipinski definition) is 7. The highest BCUT2D eigenvalue weighted by atomic mass is 32.1. The summed E-state index contributed by atoms with van der Waals surface area (Å²) in [5, 5.41) is 6.14. The van der Waals surface area contributed by atoms with E-state index in [1.165, 1.54) is 0 Å². The summed E-state index contributed by atoms with van der Waals surface area (Å²) >= 11 is 1.56. The molecule has 182 valence electrons. The topological polar surface area (TPSA) is 83.3 Å². The van der Waals surface area contributed by atoms with E-state index >= 15 is 0 Å². The molecule has 0 atom stereocenters. The number of fused-ring (bicyclic) bond motifs is 1. The second-order valence-electron chi connectivity index (χ2n) is 8.61. The van der Waals surface area contributed by atoms with Gasteiger partial charge in [0.25, 0.3) is 0 Å². The molecule has 2 aromatic heterocycles. The molecule has 0 N–H and O–H groups in total. The van der Waals surface area contributed by atoms with E-state index in [4.69, 9.17) is 19.6 Å². The van der Waals surface area contributed by atoms with Crippen LogP contribution in [0.3, 0.4) is 0 Å². The van der Waals surface area contributed by atoms with Crippen LogP contribution in [-0.2, 0) is 9.53 Å². The van der Waals surface area contributed by atoms with E-state index in [9.17, 15) is 9.59 Å². The second-order valence-corrected chi connectivity index (χ2v) is 9.61. The average molecular weight is 492 g/mol. The first-order valence-corrected chi connectivity index (χ1v) is 12.5. The number of aromatic nitrogens is 3. The highest BCUT2D eigenvalue weighted by Gasteiger charge is 2.23. The number of ether oxygens (including phenoxy) is 2. The maximum atomic E-state index is 13.1. The molecule has 2 heterocycles. The first kappa shape index (κ1) is 24.6. The van der Waals surface area contributed by atoms with Crippen LogP contribution in [0.1, 0.15) is 60.5 Å². The zero-order chi connectivity index (χ0) is 25.1. The van der Waals surface area contributed by atoms with Crippen molar-refractivity contribution in [2.24, 2.45) is 0 Å². The molecule has 35 heavy (non-hydrogen) atoms. The van der Waals surface area contributed by atoms with Crippen molar-refractivity contribution in [3.8, 4) is 22.1 Å². The number of methoxy groups -OCH3 is 1. The number of Topliss-reactive ketones (excluding diaryl/α,β-unsaturated/α-hetero) is 1. The van der Waals surface area contributed by atoms with Gasteiger partial charge in [0.15, 0.2) is 5.78 Å². The monoisotopic (exact) mass is 491 g/mol. The fourth-order valence-electron chi connectivity index (χ4n) is 3.93. The Labute approximate surface area is 208 Å². The van der Waals surface area contributed by atoms with Crippen LogP contribution < -0.4 is 4.74 Å². The lowest BCUT2D eigenvalue weighted by atomic mass is 10.1. The third kappa shape index (κ3) is 5.12. The number of thiazole rings is 1. The number of rotatable bonds is 9. The summed E-state index contributed by atoms with van der Waals surface area (Å²) in [5.74, 6) is 0.435. The second kappa shape index (κ2) is 10.4. The standard InChI is InChI=1S/C27H29N3O4S/c1-6-34-23(32)13-12-22(31)25-20-14-17(4)10-11-21(20)30(29-25)27-28-24(26(35-27)16(2)3)18-8-7-9-19(15-18)33-5/h7-11,14-16H,6,12-13H2,1-5H3. The molecule has 0 fully saturated rings.